The molecule has 1 aromatic carbocycles. The fraction of sp³-hybridized carbons (Fsp3) is 0.538. The molecule has 0 fully saturated rings. The van der Waals surface area contributed by atoms with E-state index in [-0.39, 0.29) is 12.8 Å². The van der Waals surface area contributed by atoms with Gasteiger partial charge in [0.2, 0.25) is 6.79 Å². The number of halogens is 1. The van der Waals surface area contributed by atoms with Crippen molar-refractivity contribution in [3.8, 4) is 11.5 Å². The van der Waals surface area contributed by atoms with Crippen molar-refractivity contribution < 1.29 is 9.47 Å². The number of rotatable bonds is 5. The predicted molar refractivity (Wildman–Crippen MR) is 72.3 cm³/mol. The number of ether oxygens (including phenoxy) is 2. The van der Waals surface area contributed by atoms with Crippen molar-refractivity contribution in [2.45, 2.75) is 19.9 Å². The maximum absolute atomic E-state index is 6.20. The highest BCUT2D eigenvalue weighted by molar-refractivity contribution is 6.32. The molecular formula is C13H19ClN2O2. The SMILES string of the molecule is CCN(CC)C(CN)c1cc(Cl)c2c(c1)OCO2. The smallest absolute Gasteiger partial charge is 0.231 e. The summed E-state index contributed by atoms with van der Waals surface area (Å²) >= 11 is 6.20. The average molecular weight is 271 g/mol. The van der Waals surface area contributed by atoms with Gasteiger partial charge < -0.3 is 15.2 Å². The lowest BCUT2D eigenvalue weighted by molar-refractivity contribution is 0.173. The van der Waals surface area contributed by atoms with Crippen LogP contribution in [-0.2, 0) is 0 Å². The molecule has 0 aliphatic carbocycles. The monoisotopic (exact) mass is 270 g/mol. The Morgan fingerprint density at radius 3 is 2.67 bits per heavy atom. The number of benzene rings is 1. The van der Waals surface area contributed by atoms with Gasteiger partial charge in [-0.2, -0.15) is 0 Å². The second-order valence-electron chi connectivity index (χ2n) is 4.21. The fourth-order valence-corrected chi connectivity index (χ4v) is 2.61. The Morgan fingerprint density at radius 1 is 1.33 bits per heavy atom. The largest absolute Gasteiger partial charge is 0.454 e. The molecule has 0 saturated heterocycles. The Kier molecular flexibility index (Phi) is 4.32. The average Bonchev–Trinajstić information content (AvgIpc) is 2.84. The summed E-state index contributed by atoms with van der Waals surface area (Å²) in [5.41, 5.74) is 6.97. The first-order valence-electron chi connectivity index (χ1n) is 6.24. The molecule has 0 bridgehead atoms. The molecule has 1 aliphatic heterocycles. The van der Waals surface area contributed by atoms with E-state index in [4.69, 9.17) is 26.8 Å². The molecule has 1 aromatic rings. The molecule has 5 heteroatoms. The van der Waals surface area contributed by atoms with E-state index in [1.54, 1.807) is 0 Å². The molecule has 1 heterocycles. The lowest BCUT2D eigenvalue weighted by Crippen LogP contribution is -2.33. The summed E-state index contributed by atoms with van der Waals surface area (Å²) < 4.78 is 10.7. The third-order valence-electron chi connectivity index (χ3n) is 3.31. The zero-order chi connectivity index (χ0) is 13.1. The summed E-state index contributed by atoms with van der Waals surface area (Å²) in [6.45, 7) is 6.94. The van der Waals surface area contributed by atoms with Crippen molar-refractivity contribution in [1.82, 2.24) is 4.90 Å². The Bertz CT molecular complexity index is 422. The van der Waals surface area contributed by atoms with Gasteiger partial charge in [0.1, 0.15) is 0 Å². The molecule has 100 valence electrons. The molecule has 0 saturated carbocycles. The fourth-order valence-electron chi connectivity index (χ4n) is 2.34. The summed E-state index contributed by atoms with van der Waals surface area (Å²) in [4.78, 5) is 2.30. The number of hydrogen-bond donors (Lipinski definition) is 1. The number of nitrogens with two attached hydrogens (primary N) is 1. The van der Waals surface area contributed by atoms with E-state index in [0.717, 1.165) is 18.7 Å². The van der Waals surface area contributed by atoms with E-state index >= 15 is 0 Å². The molecule has 1 atom stereocenters. The normalized spacial score (nSPS) is 15.2. The predicted octanol–water partition coefficient (Wildman–Crippen LogP) is 2.41. The molecule has 4 nitrogen and oxygen atoms in total. The van der Waals surface area contributed by atoms with Gasteiger partial charge in [0.15, 0.2) is 11.5 Å². The first kappa shape index (κ1) is 13.5. The molecule has 0 aromatic heterocycles. The Balaban J connectivity index is 2.34. The van der Waals surface area contributed by atoms with Crippen LogP contribution in [0, 0.1) is 0 Å². The number of nitrogens with zero attached hydrogens (tertiary/aromatic N) is 1. The van der Waals surface area contributed by atoms with Crippen molar-refractivity contribution >= 4 is 11.6 Å². The van der Waals surface area contributed by atoms with Crippen molar-refractivity contribution in [3.05, 3.63) is 22.7 Å². The minimum Gasteiger partial charge on any atom is -0.454 e. The number of fused-ring (bicyclic) bond motifs is 1. The third-order valence-corrected chi connectivity index (χ3v) is 3.59. The van der Waals surface area contributed by atoms with Crippen LogP contribution in [0.15, 0.2) is 12.1 Å². The standard InChI is InChI=1S/C13H19ClN2O2/c1-3-16(4-2)11(7-15)9-5-10(14)13-12(6-9)17-8-18-13/h5-6,11H,3-4,7-8,15H2,1-2H3. The Labute approximate surface area is 113 Å². The van der Waals surface area contributed by atoms with Gasteiger partial charge >= 0.3 is 0 Å². The van der Waals surface area contributed by atoms with Crippen molar-refractivity contribution in [3.63, 3.8) is 0 Å². The number of likely N-dealkylation sites (N-methyl/N-ethyl adjacent to an activating group) is 1. The Morgan fingerprint density at radius 2 is 2.06 bits per heavy atom. The first-order valence-corrected chi connectivity index (χ1v) is 6.62. The summed E-state index contributed by atoms with van der Waals surface area (Å²) in [5.74, 6) is 1.35. The van der Waals surface area contributed by atoms with E-state index in [2.05, 4.69) is 18.7 Å². The van der Waals surface area contributed by atoms with Crippen LogP contribution in [0.2, 0.25) is 5.02 Å². The van der Waals surface area contributed by atoms with Crippen LogP contribution >= 0.6 is 11.6 Å². The minimum absolute atomic E-state index is 0.159. The van der Waals surface area contributed by atoms with E-state index in [0.29, 0.717) is 23.1 Å². The highest BCUT2D eigenvalue weighted by Gasteiger charge is 2.23. The maximum atomic E-state index is 6.20. The zero-order valence-corrected chi connectivity index (χ0v) is 11.5. The first-order chi connectivity index (χ1) is 8.71. The summed E-state index contributed by atoms with van der Waals surface area (Å²) in [6, 6.07) is 4.06. The molecule has 1 unspecified atom stereocenters. The molecule has 2 N–H and O–H groups in total. The number of hydrogen-bond acceptors (Lipinski definition) is 4. The summed E-state index contributed by atoms with van der Waals surface area (Å²) in [5, 5.41) is 0.589. The van der Waals surface area contributed by atoms with Gasteiger partial charge in [0.25, 0.3) is 0 Å². The second-order valence-corrected chi connectivity index (χ2v) is 4.62. The summed E-state index contributed by atoms with van der Waals surface area (Å²) in [6.07, 6.45) is 0. The van der Waals surface area contributed by atoms with Crippen LogP contribution in [0.1, 0.15) is 25.5 Å². The summed E-state index contributed by atoms with van der Waals surface area (Å²) in [7, 11) is 0. The van der Waals surface area contributed by atoms with Gasteiger partial charge in [-0.15, -0.1) is 0 Å². The zero-order valence-electron chi connectivity index (χ0n) is 10.8. The Hall–Kier alpha value is -0.970. The quantitative estimate of drug-likeness (QED) is 0.893. The van der Waals surface area contributed by atoms with Gasteiger partial charge in [0.05, 0.1) is 5.02 Å². The van der Waals surface area contributed by atoms with Gasteiger partial charge in [-0.1, -0.05) is 25.4 Å². The van der Waals surface area contributed by atoms with Crippen molar-refractivity contribution in [2.75, 3.05) is 26.4 Å². The van der Waals surface area contributed by atoms with Crippen LogP contribution in [0.4, 0.5) is 0 Å². The molecule has 0 spiro atoms. The van der Waals surface area contributed by atoms with E-state index < -0.39 is 0 Å². The van der Waals surface area contributed by atoms with E-state index in [1.165, 1.54) is 0 Å². The lowest BCUT2D eigenvalue weighted by atomic mass is 10.0. The molecule has 0 amide bonds. The van der Waals surface area contributed by atoms with Gasteiger partial charge in [-0.3, -0.25) is 4.90 Å². The van der Waals surface area contributed by atoms with Crippen molar-refractivity contribution in [1.29, 1.82) is 0 Å². The van der Waals surface area contributed by atoms with Crippen LogP contribution in [0.25, 0.3) is 0 Å². The molecular weight excluding hydrogens is 252 g/mol. The minimum atomic E-state index is 0.159. The second kappa shape index (κ2) is 5.78. The van der Waals surface area contributed by atoms with Crippen LogP contribution in [0.5, 0.6) is 11.5 Å². The van der Waals surface area contributed by atoms with Crippen LogP contribution < -0.4 is 15.2 Å². The molecule has 0 radical (unpaired) electrons. The lowest BCUT2D eigenvalue weighted by Gasteiger charge is -2.29. The third kappa shape index (κ3) is 2.41. The highest BCUT2D eigenvalue weighted by Crippen LogP contribution is 2.41. The maximum Gasteiger partial charge on any atom is 0.231 e. The van der Waals surface area contributed by atoms with Gasteiger partial charge in [-0.25, -0.2) is 0 Å². The van der Waals surface area contributed by atoms with Gasteiger partial charge in [0, 0.05) is 12.6 Å². The molecule has 1 aliphatic rings. The van der Waals surface area contributed by atoms with E-state index in [1.807, 2.05) is 12.1 Å². The molecule has 2 rings (SSSR count). The topological polar surface area (TPSA) is 47.7 Å². The van der Waals surface area contributed by atoms with Gasteiger partial charge in [-0.05, 0) is 30.8 Å². The van der Waals surface area contributed by atoms with Crippen LogP contribution in [0.3, 0.4) is 0 Å². The molecule has 18 heavy (non-hydrogen) atoms. The van der Waals surface area contributed by atoms with E-state index in [9.17, 15) is 0 Å². The van der Waals surface area contributed by atoms with Crippen molar-refractivity contribution in [2.24, 2.45) is 5.73 Å². The van der Waals surface area contributed by atoms with Crippen LogP contribution in [-0.4, -0.2) is 31.3 Å². The highest BCUT2D eigenvalue weighted by atomic mass is 35.5.